The fourth-order valence-corrected chi connectivity index (χ4v) is 3.84. The molecule has 0 radical (unpaired) electrons. The van der Waals surface area contributed by atoms with E-state index in [4.69, 9.17) is 0 Å². The Morgan fingerprint density at radius 2 is 2.26 bits per heavy atom. The maximum absolute atomic E-state index is 11.7. The average Bonchev–Trinajstić information content (AvgIpc) is 2.84. The van der Waals surface area contributed by atoms with Gasteiger partial charge in [0.1, 0.15) is 9.84 Å². The number of nitrogens with zero attached hydrogens (tertiary/aromatic N) is 2. The summed E-state index contributed by atoms with van der Waals surface area (Å²) < 4.78 is 25.3. The number of aromatic nitrogens is 2. The van der Waals surface area contributed by atoms with Crippen LogP contribution in [0.5, 0.6) is 0 Å². The SMILES string of the molecule is CCNCc1ccn(C2CCCC(S(C)(=O)=O)C2)n1. The number of sulfone groups is 1. The first-order valence-corrected chi connectivity index (χ1v) is 8.89. The molecule has 1 aromatic rings. The van der Waals surface area contributed by atoms with E-state index in [-0.39, 0.29) is 11.3 Å². The zero-order valence-electron chi connectivity index (χ0n) is 11.7. The van der Waals surface area contributed by atoms with Crippen molar-refractivity contribution in [3.8, 4) is 0 Å². The molecule has 1 N–H and O–H groups in total. The summed E-state index contributed by atoms with van der Waals surface area (Å²) in [6.45, 7) is 3.76. The van der Waals surface area contributed by atoms with Crippen molar-refractivity contribution >= 4 is 9.84 Å². The molecule has 108 valence electrons. The van der Waals surface area contributed by atoms with Crippen LogP contribution in [0.1, 0.15) is 44.3 Å². The van der Waals surface area contributed by atoms with Crippen molar-refractivity contribution in [1.82, 2.24) is 15.1 Å². The van der Waals surface area contributed by atoms with E-state index < -0.39 is 9.84 Å². The van der Waals surface area contributed by atoms with Gasteiger partial charge in [0.05, 0.1) is 17.0 Å². The van der Waals surface area contributed by atoms with Gasteiger partial charge in [-0.2, -0.15) is 5.10 Å². The lowest BCUT2D eigenvalue weighted by molar-refractivity contribution is 0.328. The van der Waals surface area contributed by atoms with Crippen LogP contribution < -0.4 is 5.32 Å². The van der Waals surface area contributed by atoms with Crippen molar-refractivity contribution in [3.63, 3.8) is 0 Å². The molecule has 1 aliphatic rings. The van der Waals surface area contributed by atoms with Gasteiger partial charge in [-0.05, 0) is 31.9 Å². The Morgan fingerprint density at radius 1 is 1.47 bits per heavy atom. The van der Waals surface area contributed by atoms with E-state index in [1.165, 1.54) is 6.26 Å². The quantitative estimate of drug-likeness (QED) is 0.891. The second kappa shape index (κ2) is 6.05. The van der Waals surface area contributed by atoms with Gasteiger partial charge in [0.2, 0.25) is 0 Å². The van der Waals surface area contributed by atoms with Crippen LogP contribution in [0.3, 0.4) is 0 Å². The highest BCUT2D eigenvalue weighted by Gasteiger charge is 2.29. The van der Waals surface area contributed by atoms with Crippen LogP contribution in [-0.2, 0) is 16.4 Å². The maximum Gasteiger partial charge on any atom is 0.150 e. The van der Waals surface area contributed by atoms with E-state index >= 15 is 0 Å². The summed E-state index contributed by atoms with van der Waals surface area (Å²) in [6.07, 6.45) is 6.79. The summed E-state index contributed by atoms with van der Waals surface area (Å²) in [5.41, 5.74) is 1.02. The zero-order valence-corrected chi connectivity index (χ0v) is 12.5. The molecule has 5 nitrogen and oxygen atoms in total. The van der Waals surface area contributed by atoms with Crippen LogP contribution in [0, 0.1) is 0 Å². The van der Waals surface area contributed by atoms with Crippen LogP contribution in [0.15, 0.2) is 12.3 Å². The first kappa shape index (κ1) is 14.5. The van der Waals surface area contributed by atoms with Crippen molar-refractivity contribution in [1.29, 1.82) is 0 Å². The Hall–Kier alpha value is -0.880. The molecule has 6 heteroatoms. The minimum absolute atomic E-state index is 0.201. The van der Waals surface area contributed by atoms with Gasteiger partial charge in [-0.1, -0.05) is 13.3 Å². The standard InChI is InChI=1S/C13H23N3O2S/c1-3-14-10-11-7-8-16(15-11)12-5-4-6-13(9-12)19(2,17)18/h7-8,12-14H,3-6,9-10H2,1-2H3. The summed E-state index contributed by atoms with van der Waals surface area (Å²) in [5.74, 6) is 0. The van der Waals surface area contributed by atoms with Gasteiger partial charge in [0.15, 0.2) is 0 Å². The average molecular weight is 285 g/mol. The summed E-state index contributed by atoms with van der Waals surface area (Å²) in [4.78, 5) is 0. The smallest absolute Gasteiger partial charge is 0.150 e. The number of rotatable bonds is 5. The molecular weight excluding hydrogens is 262 g/mol. The molecule has 1 saturated carbocycles. The van der Waals surface area contributed by atoms with Gasteiger partial charge in [-0.3, -0.25) is 4.68 Å². The third-order valence-electron chi connectivity index (χ3n) is 3.80. The minimum Gasteiger partial charge on any atom is -0.311 e. The van der Waals surface area contributed by atoms with Crippen LogP contribution in [0.2, 0.25) is 0 Å². The molecule has 1 aliphatic carbocycles. The van der Waals surface area contributed by atoms with Gasteiger partial charge in [0, 0.05) is 19.0 Å². The van der Waals surface area contributed by atoms with E-state index in [1.54, 1.807) is 0 Å². The fraction of sp³-hybridized carbons (Fsp3) is 0.769. The Labute approximate surface area is 115 Å². The third kappa shape index (κ3) is 3.79. The molecule has 0 bridgehead atoms. The highest BCUT2D eigenvalue weighted by molar-refractivity contribution is 7.91. The lowest BCUT2D eigenvalue weighted by atomic mass is 9.95. The molecule has 19 heavy (non-hydrogen) atoms. The molecule has 1 fully saturated rings. The second-order valence-corrected chi connectivity index (χ2v) is 7.67. The van der Waals surface area contributed by atoms with Crippen molar-refractivity contribution in [3.05, 3.63) is 18.0 Å². The molecule has 0 aliphatic heterocycles. The van der Waals surface area contributed by atoms with Gasteiger partial charge in [-0.25, -0.2) is 8.42 Å². The van der Waals surface area contributed by atoms with Crippen LogP contribution in [-0.4, -0.2) is 36.2 Å². The Balaban J connectivity index is 2.03. The fourth-order valence-electron chi connectivity index (χ4n) is 2.68. The topological polar surface area (TPSA) is 64.0 Å². The molecule has 2 atom stereocenters. The first-order chi connectivity index (χ1) is 9.00. The van der Waals surface area contributed by atoms with E-state index in [0.29, 0.717) is 6.42 Å². The van der Waals surface area contributed by atoms with Gasteiger partial charge >= 0.3 is 0 Å². The summed E-state index contributed by atoms with van der Waals surface area (Å²) in [5, 5.41) is 7.59. The van der Waals surface area contributed by atoms with Crippen molar-refractivity contribution in [2.45, 2.75) is 50.4 Å². The highest BCUT2D eigenvalue weighted by Crippen LogP contribution is 2.31. The van der Waals surface area contributed by atoms with Crippen LogP contribution >= 0.6 is 0 Å². The van der Waals surface area contributed by atoms with E-state index in [1.807, 2.05) is 16.9 Å². The molecular formula is C13H23N3O2S. The molecule has 2 rings (SSSR count). The lowest BCUT2D eigenvalue weighted by Gasteiger charge is -2.28. The summed E-state index contributed by atoms with van der Waals surface area (Å²) >= 11 is 0. The Morgan fingerprint density at radius 3 is 2.95 bits per heavy atom. The second-order valence-electron chi connectivity index (χ2n) is 5.34. The first-order valence-electron chi connectivity index (χ1n) is 6.94. The van der Waals surface area contributed by atoms with E-state index in [2.05, 4.69) is 17.3 Å². The largest absolute Gasteiger partial charge is 0.311 e. The Bertz CT molecular complexity index is 510. The van der Waals surface area contributed by atoms with Crippen LogP contribution in [0.25, 0.3) is 0 Å². The van der Waals surface area contributed by atoms with Gasteiger partial charge < -0.3 is 5.32 Å². The van der Waals surface area contributed by atoms with Crippen molar-refractivity contribution in [2.75, 3.05) is 12.8 Å². The lowest BCUT2D eigenvalue weighted by Crippen LogP contribution is -2.29. The van der Waals surface area contributed by atoms with Gasteiger partial charge in [0.25, 0.3) is 0 Å². The van der Waals surface area contributed by atoms with E-state index in [0.717, 1.165) is 38.0 Å². The summed E-state index contributed by atoms with van der Waals surface area (Å²) in [6, 6.07) is 2.23. The molecule has 2 unspecified atom stereocenters. The third-order valence-corrected chi connectivity index (χ3v) is 5.44. The Kier molecular flexibility index (Phi) is 4.62. The number of hydrogen-bond donors (Lipinski definition) is 1. The van der Waals surface area contributed by atoms with Crippen LogP contribution in [0.4, 0.5) is 0 Å². The monoisotopic (exact) mass is 285 g/mol. The number of hydrogen-bond acceptors (Lipinski definition) is 4. The molecule has 1 heterocycles. The van der Waals surface area contributed by atoms with E-state index in [9.17, 15) is 8.42 Å². The molecule has 0 aromatic carbocycles. The molecule has 0 spiro atoms. The van der Waals surface area contributed by atoms with Crippen molar-refractivity contribution < 1.29 is 8.42 Å². The maximum atomic E-state index is 11.7. The number of nitrogens with one attached hydrogen (secondary N) is 1. The van der Waals surface area contributed by atoms with Crippen molar-refractivity contribution in [2.24, 2.45) is 0 Å². The predicted molar refractivity (Wildman–Crippen MR) is 75.7 cm³/mol. The molecule has 0 saturated heterocycles. The molecule has 1 aromatic heterocycles. The predicted octanol–water partition coefficient (Wildman–Crippen LogP) is 1.52. The molecule has 0 amide bonds. The highest BCUT2D eigenvalue weighted by atomic mass is 32.2. The zero-order chi connectivity index (χ0) is 13.9. The minimum atomic E-state index is -2.93. The summed E-state index contributed by atoms with van der Waals surface area (Å²) in [7, 11) is -2.93. The van der Waals surface area contributed by atoms with Gasteiger partial charge in [-0.15, -0.1) is 0 Å². The normalized spacial score (nSPS) is 24.5.